The maximum absolute atomic E-state index is 13.3. The zero-order chi connectivity index (χ0) is 16.9. The number of ether oxygens (including phenoxy) is 1. The van der Waals surface area contributed by atoms with Crippen LogP contribution in [0.25, 0.3) is 5.57 Å². The van der Waals surface area contributed by atoms with E-state index in [-0.39, 0.29) is 0 Å². The molecule has 0 aliphatic rings. The lowest BCUT2D eigenvalue weighted by Gasteiger charge is -2.30. The molecule has 0 heterocycles. The third-order valence-corrected chi connectivity index (χ3v) is 3.55. The predicted molar refractivity (Wildman–Crippen MR) is 87.5 cm³/mol. The first-order valence-electron chi connectivity index (χ1n) is 7.40. The Morgan fingerprint density at radius 1 is 1.18 bits per heavy atom. The zero-order valence-corrected chi connectivity index (χ0v) is 14.0. The lowest BCUT2D eigenvalue weighted by Crippen LogP contribution is -2.38. The summed E-state index contributed by atoms with van der Waals surface area (Å²) in [5.74, 6) is -1.01. The van der Waals surface area contributed by atoms with Crippen molar-refractivity contribution in [2.24, 2.45) is 0 Å². The van der Waals surface area contributed by atoms with Crippen molar-refractivity contribution in [2.45, 2.75) is 39.8 Å². The largest absolute Gasteiger partial charge is 0.500 e. The molecule has 0 spiro atoms. The van der Waals surface area contributed by atoms with Crippen molar-refractivity contribution < 1.29 is 13.5 Å². The minimum atomic E-state index is -0.878. The van der Waals surface area contributed by atoms with Crippen LogP contribution in [0.4, 0.5) is 8.78 Å². The van der Waals surface area contributed by atoms with Gasteiger partial charge >= 0.3 is 0 Å². The summed E-state index contributed by atoms with van der Waals surface area (Å²) in [7, 11) is 1.60. The molecule has 0 aliphatic carbocycles. The molecule has 22 heavy (non-hydrogen) atoms. The van der Waals surface area contributed by atoms with Crippen LogP contribution in [0, 0.1) is 11.6 Å². The van der Waals surface area contributed by atoms with Gasteiger partial charge in [-0.25, -0.2) is 8.78 Å². The van der Waals surface area contributed by atoms with Crippen LogP contribution in [0.5, 0.6) is 0 Å². The van der Waals surface area contributed by atoms with Gasteiger partial charge in [0.25, 0.3) is 0 Å². The monoisotopic (exact) mass is 309 g/mol. The standard InChI is InChI=1S/C18H25F2NO/c1-12(2)21(13(3)4)11-16(22-6)9-14(5)15-7-8-17(19)18(20)10-15/h7-10,12-13H,5,11H2,1-4,6H3/b16-9-. The van der Waals surface area contributed by atoms with Gasteiger partial charge in [-0.1, -0.05) is 12.6 Å². The van der Waals surface area contributed by atoms with E-state index in [0.29, 0.717) is 29.8 Å². The van der Waals surface area contributed by atoms with Crippen molar-refractivity contribution in [1.29, 1.82) is 0 Å². The van der Waals surface area contributed by atoms with Crippen LogP contribution in [0.2, 0.25) is 0 Å². The van der Waals surface area contributed by atoms with Gasteiger partial charge in [0, 0.05) is 12.1 Å². The quantitative estimate of drug-likeness (QED) is 0.538. The number of methoxy groups -OCH3 is 1. The Kier molecular flexibility index (Phi) is 6.75. The van der Waals surface area contributed by atoms with Crippen LogP contribution in [0.1, 0.15) is 33.3 Å². The highest BCUT2D eigenvalue weighted by molar-refractivity contribution is 5.72. The summed E-state index contributed by atoms with van der Waals surface area (Å²) in [4.78, 5) is 2.27. The molecular weight excluding hydrogens is 284 g/mol. The molecule has 0 saturated carbocycles. The first-order valence-corrected chi connectivity index (χ1v) is 7.40. The van der Waals surface area contributed by atoms with E-state index < -0.39 is 11.6 Å². The number of halogens is 2. The molecule has 0 N–H and O–H groups in total. The van der Waals surface area contributed by atoms with Crippen LogP contribution in [-0.2, 0) is 4.74 Å². The summed E-state index contributed by atoms with van der Waals surface area (Å²) in [6, 6.07) is 4.49. The second-order valence-corrected chi connectivity index (χ2v) is 5.83. The fourth-order valence-corrected chi connectivity index (χ4v) is 2.28. The van der Waals surface area contributed by atoms with Gasteiger partial charge in [0.2, 0.25) is 0 Å². The Morgan fingerprint density at radius 2 is 1.77 bits per heavy atom. The SMILES string of the molecule is C=C(/C=C(/CN(C(C)C)C(C)C)OC)c1ccc(F)c(F)c1. The Labute approximate surface area is 132 Å². The topological polar surface area (TPSA) is 12.5 Å². The molecule has 122 valence electrons. The van der Waals surface area contributed by atoms with Crippen molar-refractivity contribution in [2.75, 3.05) is 13.7 Å². The normalized spacial score (nSPS) is 12.4. The molecule has 1 aromatic carbocycles. The lowest BCUT2D eigenvalue weighted by atomic mass is 10.1. The van der Waals surface area contributed by atoms with Gasteiger partial charge < -0.3 is 4.74 Å². The minimum Gasteiger partial charge on any atom is -0.500 e. The molecule has 0 fully saturated rings. The Bertz CT molecular complexity index is 542. The van der Waals surface area contributed by atoms with E-state index in [1.807, 2.05) is 0 Å². The second kappa shape index (κ2) is 8.08. The Morgan fingerprint density at radius 3 is 2.23 bits per heavy atom. The molecule has 0 atom stereocenters. The van der Waals surface area contributed by atoms with E-state index in [1.165, 1.54) is 6.07 Å². The smallest absolute Gasteiger partial charge is 0.159 e. The van der Waals surface area contributed by atoms with E-state index in [2.05, 4.69) is 39.2 Å². The minimum absolute atomic E-state index is 0.370. The first kappa shape index (κ1) is 18.4. The van der Waals surface area contributed by atoms with Gasteiger partial charge in [0.05, 0.1) is 13.7 Å². The van der Waals surface area contributed by atoms with Crippen LogP contribution >= 0.6 is 0 Å². The van der Waals surface area contributed by atoms with Crippen molar-refractivity contribution in [3.05, 3.63) is 53.8 Å². The van der Waals surface area contributed by atoms with Crippen molar-refractivity contribution in [3.8, 4) is 0 Å². The number of allylic oxidation sites excluding steroid dienone is 2. The van der Waals surface area contributed by atoms with E-state index >= 15 is 0 Å². The van der Waals surface area contributed by atoms with Gasteiger partial charge in [0.1, 0.15) is 5.76 Å². The lowest BCUT2D eigenvalue weighted by molar-refractivity contribution is 0.152. The van der Waals surface area contributed by atoms with Gasteiger partial charge in [-0.15, -0.1) is 0 Å². The first-order chi connectivity index (χ1) is 10.3. The molecule has 0 aromatic heterocycles. The van der Waals surface area contributed by atoms with Gasteiger partial charge in [-0.3, -0.25) is 4.90 Å². The van der Waals surface area contributed by atoms with Gasteiger partial charge in [-0.2, -0.15) is 0 Å². The third-order valence-electron chi connectivity index (χ3n) is 3.55. The summed E-state index contributed by atoms with van der Waals surface area (Å²) in [5.41, 5.74) is 1.12. The van der Waals surface area contributed by atoms with E-state index in [1.54, 1.807) is 13.2 Å². The van der Waals surface area contributed by atoms with E-state index in [9.17, 15) is 8.78 Å². The van der Waals surface area contributed by atoms with Crippen molar-refractivity contribution in [3.63, 3.8) is 0 Å². The van der Waals surface area contributed by atoms with Crippen LogP contribution in [0.15, 0.2) is 36.6 Å². The fraction of sp³-hybridized carbons (Fsp3) is 0.444. The molecule has 0 amide bonds. The molecule has 1 rings (SSSR count). The molecule has 2 nitrogen and oxygen atoms in total. The van der Waals surface area contributed by atoms with E-state index in [4.69, 9.17) is 4.74 Å². The van der Waals surface area contributed by atoms with Gasteiger partial charge in [0.15, 0.2) is 11.6 Å². The number of rotatable bonds is 7. The fourth-order valence-electron chi connectivity index (χ4n) is 2.28. The molecule has 0 bridgehead atoms. The molecule has 0 unspecified atom stereocenters. The zero-order valence-electron chi connectivity index (χ0n) is 14.0. The van der Waals surface area contributed by atoms with E-state index in [0.717, 1.165) is 17.9 Å². The molecule has 4 heteroatoms. The molecular formula is C18H25F2NO. The summed E-state index contributed by atoms with van der Waals surface area (Å²) in [5, 5.41) is 0. The average molecular weight is 309 g/mol. The molecule has 1 aromatic rings. The highest BCUT2D eigenvalue weighted by Gasteiger charge is 2.15. The average Bonchev–Trinajstić information content (AvgIpc) is 2.45. The summed E-state index contributed by atoms with van der Waals surface area (Å²) in [6.45, 7) is 13.0. The van der Waals surface area contributed by atoms with Crippen LogP contribution in [-0.4, -0.2) is 30.6 Å². The number of hydrogen-bond acceptors (Lipinski definition) is 2. The second-order valence-electron chi connectivity index (χ2n) is 5.83. The summed E-state index contributed by atoms with van der Waals surface area (Å²) < 4.78 is 31.7. The van der Waals surface area contributed by atoms with Crippen molar-refractivity contribution in [1.82, 2.24) is 4.90 Å². The van der Waals surface area contributed by atoms with Crippen molar-refractivity contribution >= 4 is 5.57 Å². The number of hydrogen-bond donors (Lipinski definition) is 0. The highest BCUT2D eigenvalue weighted by atomic mass is 19.2. The predicted octanol–water partition coefficient (Wildman–Crippen LogP) is 4.63. The molecule has 0 radical (unpaired) electrons. The number of nitrogens with zero attached hydrogens (tertiary/aromatic N) is 1. The van der Waals surface area contributed by atoms with Crippen LogP contribution < -0.4 is 0 Å². The third kappa shape index (κ3) is 4.95. The summed E-state index contributed by atoms with van der Waals surface area (Å²) >= 11 is 0. The maximum Gasteiger partial charge on any atom is 0.159 e. The Hall–Kier alpha value is -1.68. The highest BCUT2D eigenvalue weighted by Crippen LogP contribution is 2.20. The number of benzene rings is 1. The molecule has 0 saturated heterocycles. The van der Waals surface area contributed by atoms with Gasteiger partial charge in [-0.05, 0) is 57.0 Å². The molecule has 0 aliphatic heterocycles. The summed E-state index contributed by atoms with van der Waals surface area (Å²) in [6.07, 6.45) is 1.77. The maximum atomic E-state index is 13.3. The Balaban J connectivity index is 2.95. The van der Waals surface area contributed by atoms with Crippen LogP contribution in [0.3, 0.4) is 0 Å².